The number of imidazole rings is 1. The molecular formula is C12H21N5O. The fourth-order valence-electron chi connectivity index (χ4n) is 2.45. The minimum Gasteiger partial charge on any atom is -0.382 e. The molecular weight excluding hydrogens is 230 g/mol. The van der Waals surface area contributed by atoms with Gasteiger partial charge < -0.3 is 10.5 Å². The van der Waals surface area contributed by atoms with Crippen LogP contribution < -0.4 is 5.73 Å². The normalized spacial score (nSPS) is 12.5. The van der Waals surface area contributed by atoms with Gasteiger partial charge in [0.05, 0.1) is 17.8 Å². The number of aryl methyl sites for hydroxylation is 2. The van der Waals surface area contributed by atoms with E-state index in [4.69, 9.17) is 10.5 Å². The van der Waals surface area contributed by atoms with E-state index in [1.54, 1.807) is 7.11 Å². The number of nitrogen functional groups attached to an aromatic ring is 1. The molecule has 0 aliphatic rings. The summed E-state index contributed by atoms with van der Waals surface area (Å²) in [7, 11) is 3.61. The Balaban J connectivity index is 2.71. The topological polar surface area (TPSA) is 70.9 Å². The number of ether oxygens (including phenoxy) is 1. The fraction of sp³-hybridized carbons (Fsp3) is 0.667. The van der Waals surface area contributed by atoms with Gasteiger partial charge in [-0.2, -0.15) is 5.10 Å². The summed E-state index contributed by atoms with van der Waals surface area (Å²) >= 11 is 0. The Morgan fingerprint density at radius 3 is 2.61 bits per heavy atom. The van der Waals surface area contributed by atoms with E-state index < -0.39 is 0 Å². The maximum absolute atomic E-state index is 6.06. The largest absolute Gasteiger partial charge is 0.382 e. The van der Waals surface area contributed by atoms with Crippen molar-refractivity contribution in [2.24, 2.45) is 7.05 Å². The first-order valence-electron chi connectivity index (χ1n) is 6.11. The van der Waals surface area contributed by atoms with E-state index in [0.29, 0.717) is 12.6 Å². The lowest BCUT2D eigenvalue weighted by atomic mass is 10.1. The molecule has 2 aromatic rings. The molecule has 2 aromatic heterocycles. The van der Waals surface area contributed by atoms with Crippen molar-refractivity contribution < 1.29 is 4.74 Å². The fourth-order valence-corrected chi connectivity index (χ4v) is 2.45. The van der Waals surface area contributed by atoms with Crippen molar-refractivity contribution in [3.63, 3.8) is 0 Å². The molecule has 0 bridgehead atoms. The second-order valence-electron chi connectivity index (χ2n) is 5.15. The summed E-state index contributed by atoms with van der Waals surface area (Å²) in [5.41, 5.74) is 8.62. The Hall–Kier alpha value is -1.56. The highest BCUT2D eigenvalue weighted by Crippen LogP contribution is 2.28. The molecule has 0 atom stereocenters. The minimum absolute atomic E-state index is 0.258. The average molecular weight is 251 g/mol. The van der Waals surface area contributed by atoms with E-state index in [9.17, 15) is 0 Å². The summed E-state index contributed by atoms with van der Waals surface area (Å²) < 4.78 is 9.11. The SMILES string of the molecule is CCc1nn(C)c2c1nc(N)n2C(C)(C)COC. The van der Waals surface area contributed by atoms with E-state index in [1.807, 2.05) is 16.3 Å². The zero-order valence-corrected chi connectivity index (χ0v) is 11.7. The second-order valence-corrected chi connectivity index (χ2v) is 5.15. The lowest BCUT2D eigenvalue weighted by molar-refractivity contribution is 0.112. The highest BCUT2D eigenvalue weighted by Gasteiger charge is 2.28. The van der Waals surface area contributed by atoms with Crippen LogP contribution in [0.5, 0.6) is 0 Å². The summed E-state index contributed by atoms with van der Waals surface area (Å²) in [6.45, 7) is 6.78. The van der Waals surface area contributed by atoms with Crippen LogP contribution in [0.25, 0.3) is 11.2 Å². The van der Waals surface area contributed by atoms with Crippen molar-refractivity contribution in [3.8, 4) is 0 Å². The zero-order valence-electron chi connectivity index (χ0n) is 11.7. The van der Waals surface area contributed by atoms with Gasteiger partial charge in [0.2, 0.25) is 5.95 Å². The maximum Gasteiger partial charge on any atom is 0.203 e. The van der Waals surface area contributed by atoms with Crippen LogP contribution >= 0.6 is 0 Å². The molecule has 2 heterocycles. The quantitative estimate of drug-likeness (QED) is 0.889. The number of hydrogen-bond donors (Lipinski definition) is 1. The summed E-state index contributed by atoms with van der Waals surface area (Å²) in [5.74, 6) is 0.509. The molecule has 0 spiro atoms. The molecule has 18 heavy (non-hydrogen) atoms. The van der Waals surface area contributed by atoms with E-state index >= 15 is 0 Å². The van der Waals surface area contributed by atoms with Crippen LogP contribution in [-0.2, 0) is 23.7 Å². The number of hydrogen-bond acceptors (Lipinski definition) is 4. The van der Waals surface area contributed by atoms with Gasteiger partial charge in [-0.1, -0.05) is 6.92 Å². The molecule has 2 rings (SSSR count). The van der Waals surface area contributed by atoms with Crippen molar-refractivity contribution >= 4 is 17.1 Å². The number of anilines is 1. The third kappa shape index (κ3) is 1.77. The maximum atomic E-state index is 6.06. The number of rotatable bonds is 4. The molecule has 0 amide bonds. The van der Waals surface area contributed by atoms with Crippen molar-refractivity contribution in [1.82, 2.24) is 19.3 Å². The number of fused-ring (bicyclic) bond motifs is 1. The van der Waals surface area contributed by atoms with Gasteiger partial charge in [-0.15, -0.1) is 0 Å². The van der Waals surface area contributed by atoms with Crippen LogP contribution in [0.2, 0.25) is 0 Å². The predicted molar refractivity (Wildman–Crippen MR) is 71.5 cm³/mol. The number of aromatic nitrogens is 4. The van der Waals surface area contributed by atoms with E-state index in [0.717, 1.165) is 23.3 Å². The van der Waals surface area contributed by atoms with Crippen molar-refractivity contribution in [2.75, 3.05) is 19.5 Å². The van der Waals surface area contributed by atoms with Crippen LogP contribution in [-0.4, -0.2) is 33.0 Å². The van der Waals surface area contributed by atoms with Crippen LogP contribution in [0.15, 0.2) is 0 Å². The Morgan fingerprint density at radius 1 is 1.39 bits per heavy atom. The van der Waals surface area contributed by atoms with Gasteiger partial charge in [0.15, 0.2) is 5.65 Å². The first-order valence-corrected chi connectivity index (χ1v) is 6.11. The molecule has 0 aliphatic heterocycles. The van der Waals surface area contributed by atoms with Crippen molar-refractivity contribution in [2.45, 2.75) is 32.7 Å². The highest BCUT2D eigenvalue weighted by molar-refractivity contribution is 5.78. The van der Waals surface area contributed by atoms with E-state index in [-0.39, 0.29) is 5.54 Å². The Morgan fingerprint density at radius 2 is 2.06 bits per heavy atom. The summed E-state index contributed by atoms with van der Waals surface area (Å²) in [6, 6.07) is 0. The van der Waals surface area contributed by atoms with E-state index in [1.165, 1.54) is 0 Å². The lowest BCUT2D eigenvalue weighted by Gasteiger charge is -2.27. The van der Waals surface area contributed by atoms with Gasteiger partial charge in [-0.05, 0) is 20.3 Å². The first-order chi connectivity index (χ1) is 8.42. The van der Waals surface area contributed by atoms with E-state index in [2.05, 4.69) is 30.9 Å². The Labute approximate surface area is 107 Å². The average Bonchev–Trinajstić information content (AvgIpc) is 2.76. The van der Waals surface area contributed by atoms with Gasteiger partial charge in [-0.25, -0.2) is 4.98 Å². The third-order valence-corrected chi connectivity index (χ3v) is 3.17. The molecule has 2 N–H and O–H groups in total. The van der Waals surface area contributed by atoms with Gasteiger partial charge in [0, 0.05) is 14.2 Å². The van der Waals surface area contributed by atoms with Gasteiger partial charge in [-0.3, -0.25) is 9.25 Å². The molecule has 0 aliphatic carbocycles. The standard InChI is InChI=1S/C12H21N5O/c1-6-8-9-10(16(4)15-8)17(11(13)14-9)12(2,3)7-18-5/h6-7H2,1-5H3,(H2,13,14). The summed E-state index contributed by atoms with van der Waals surface area (Å²) in [6.07, 6.45) is 0.846. The Kier molecular flexibility index (Phi) is 3.06. The van der Waals surface area contributed by atoms with Gasteiger partial charge in [0.1, 0.15) is 5.52 Å². The molecule has 0 unspecified atom stereocenters. The lowest BCUT2D eigenvalue weighted by Crippen LogP contribution is -2.33. The van der Waals surface area contributed by atoms with Crippen LogP contribution in [0.3, 0.4) is 0 Å². The molecule has 6 nitrogen and oxygen atoms in total. The minimum atomic E-state index is -0.258. The van der Waals surface area contributed by atoms with Gasteiger partial charge in [0.25, 0.3) is 0 Å². The first kappa shape index (κ1) is 12.9. The second kappa shape index (κ2) is 4.28. The molecule has 100 valence electrons. The van der Waals surface area contributed by atoms with Crippen molar-refractivity contribution in [3.05, 3.63) is 5.69 Å². The Bertz CT molecular complexity index is 567. The molecule has 6 heteroatoms. The molecule has 0 saturated carbocycles. The number of methoxy groups -OCH3 is 1. The molecule has 0 fully saturated rings. The van der Waals surface area contributed by atoms with Crippen LogP contribution in [0.1, 0.15) is 26.5 Å². The van der Waals surface area contributed by atoms with Crippen molar-refractivity contribution in [1.29, 1.82) is 0 Å². The molecule has 0 aromatic carbocycles. The van der Waals surface area contributed by atoms with Crippen LogP contribution in [0.4, 0.5) is 5.95 Å². The van der Waals surface area contributed by atoms with Crippen LogP contribution in [0, 0.1) is 0 Å². The smallest absolute Gasteiger partial charge is 0.203 e. The molecule has 0 saturated heterocycles. The summed E-state index contributed by atoms with van der Waals surface area (Å²) in [4.78, 5) is 4.46. The predicted octanol–water partition coefficient (Wildman–Crippen LogP) is 1.30. The number of nitrogens with two attached hydrogens (primary N) is 1. The monoisotopic (exact) mass is 251 g/mol. The number of nitrogens with zero attached hydrogens (tertiary/aromatic N) is 4. The van der Waals surface area contributed by atoms with Gasteiger partial charge >= 0.3 is 0 Å². The molecule has 0 radical (unpaired) electrons. The zero-order chi connectivity index (χ0) is 13.5. The third-order valence-electron chi connectivity index (χ3n) is 3.17. The highest BCUT2D eigenvalue weighted by atomic mass is 16.5. The summed E-state index contributed by atoms with van der Waals surface area (Å²) in [5, 5.41) is 4.48.